The number of allylic oxidation sites excluding steroid dienone is 1. The van der Waals surface area contributed by atoms with E-state index in [0.29, 0.717) is 0 Å². The Balaban J connectivity index is 4.27. The van der Waals surface area contributed by atoms with Crippen LogP contribution in [0.1, 0.15) is 0 Å². The highest BCUT2D eigenvalue weighted by Crippen LogP contribution is 1.49. The average molecular weight is 89.1 g/mol. The smallest absolute Gasteiger partial charge is 0.230 e. The second kappa shape index (κ2) is 4.41. The maximum absolute atomic E-state index is 7.74. The highest BCUT2D eigenvalue weighted by atomic mass is 14.3. The first-order valence-electron chi connectivity index (χ1n) is 1.47. The van der Waals surface area contributed by atoms with Gasteiger partial charge in [0.1, 0.15) is 0 Å². The minimum Gasteiger partial charge on any atom is -0.230 e. The molecule has 2 nitrogen and oxygen atoms in total. The lowest BCUT2D eigenvalue weighted by molar-refractivity contribution is 1.52. The summed E-state index contributed by atoms with van der Waals surface area (Å²) in [6.07, 6.45) is 2.01. The molecule has 7 heavy (non-hydrogen) atoms. The van der Waals surface area contributed by atoms with Gasteiger partial charge in [0, 0.05) is 0 Å². The van der Waals surface area contributed by atoms with Crippen LogP contribution in [0.25, 0.3) is 0 Å². The predicted molar refractivity (Wildman–Crippen MR) is 23.6 cm³/mol. The zero-order valence-corrected chi connectivity index (χ0v) is 3.45. The Bertz CT molecular complexity index is 191. The Morgan fingerprint density at radius 3 is 2.71 bits per heavy atom. The number of hydrogen-bond donors (Lipinski definition) is 1. The van der Waals surface area contributed by atoms with Gasteiger partial charge in [0.15, 0.2) is 5.87 Å². The first-order valence-corrected chi connectivity index (χ1v) is 1.47. The fraction of sp³-hybridized carbons (Fsp3) is 0. The van der Waals surface area contributed by atoms with E-state index in [2.05, 4.69) is 11.5 Å². The van der Waals surface area contributed by atoms with Gasteiger partial charge >= 0.3 is 0 Å². The van der Waals surface area contributed by atoms with Crippen molar-refractivity contribution in [2.24, 2.45) is 0 Å². The molecule has 0 aromatic carbocycles. The molecule has 0 bridgehead atoms. The van der Waals surface area contributed by atoms with Crippen LogP contribution in [-0.4, -0.2) is 5.87 Å². The zero-order chi connectivity index (χ0) is 5.54. The molecule has 0 saturated carbocycles. The molecule has 0 aliphatic carbocycles. The Kier molecular flexibility index (Phi) is 3.41. The van der Waals surface area contributed by atoms with Crippen molar-refractivity contribution in [3.05, 3.63) is 17.5 Å². The van der Waals surface area contributed by atoms with Gasteiger partial charge in [-0.25, -0.2) is 5.41 Å². The third-order valence-corrected chi connectivity index (χ3v) is 0.243. The van der Waals surface area contributed by atoms with Crippen molar-refractivity contribution in [2.45, 2.75) is 0 Å². The van der Waals surface area contributed by atoms with Crippen LogP contribution in [0.5, 0.6) is 0 Å². The van der Waals surface area contributed by atoms with Crippen molar-refractivity contribution in [3.63, 3.8) is 0 Å². The van der Waals surface area contributed by atoms with Crippen molar-refractivity contribution >= 4 is 5.87 Å². The molecule has 0 aliphatic rings. The fourth-order valence-electron chi connectivity index (χ4n) is 0.0905. The van der Waals surface area contributed by atoms with Crippen LogP contribution in [0.2, 0.25) is 0 Å². The van der Waals surface area contributed by atoms with E-state index in [4.69, 9.17) is 10.7 Å². The Hall–Kier alpha value is -1.59. The van der Waals surface area contributed by atoms with Gasteiger partial charge in [-0.15, -0.1) is 0 Å². The maximum atomic E-state index is 7.74. The lowest BCUT2D eigenvalue weighted by atomic mass is 10.6. The molecule has 1 N–H and O–H groups in total. The molecule has 0 heterocycles. The van der Waals surface area contributed by atoms with E-state index < -0.39 is 0 Å². The van der Waals surface area contributed by atoms with Gasteiger partial charge in [0.05, 0.1) is 0 Å². The summed E-state index contributed by atoms with van der Waals surface area (Å²) >= 11 is 0. The lowest BCUT2D eigenvalue weighted by Gasteiger charge is -1.20. The quantitative estimate of drug-likeness (QED) is 0.199. The molecule has 0 radical (unpaired) electrons. The predicted octanol–water partition coefficient (Wildman–Crippen LogP) is 0.428. The van der Waals surface area contributed by atoms with Crippen LogP contribution in [-0.2, 0) is 0 Å². The fourth-order valence-corrected chi connectivity index (χ4v) is 0.0905. The minimum atomic E-state index is 1.56. The van der Waals surface area contributed by atoms with E-state index in [0.717, 1.165) is 0 Å². The van der Waals surface area contributed by atoms with Gasteiger partial charge in [0.2, 0.25) is 11.5 Å². The molecule has 0 fully saturated rings. The normalized spacial score (nSPS) is 3.29. The summed E-state index contributed by atoms with van der Waals surface area (Å²) in [6, 6.07) is 1.56. The molecule has 0 saturated heterocycles. The van der Waals surface area contributed by atoms with Crippen LogP contribution in [0.4, 0.5) is 0 Å². The van der Waals surface area contributed by atoms with Gasteiger partial charge in [-0.2, -0.15) is 5.26 Å². The molecule has 0 aromatic rings. The molecule has 30 valence electrons. The van der Waals surface area contributed by atoms with E-state index >= 15 is 0 Å². The van der Waals surface area contributed by atoms with E-state index in [-0.39, 0.29) is 0 Å². The van der Waals surface area contributed by atoms with E-state index in [1.807, 2.05) is 6.08 Å². The second-order valence-corrected chi connectivity index (χ2v) is 0.612. The van der Waals surface area contributed by atoms with Crippen LogP contribution < -0.4 is 0 Å². The summed E-state index contributed by atoms with van der Waals surface area (Å²) in [6.45, 7) is 0. The van der Waals surface area contributed by atoms with Crippen molar-refractivity contribution in [3.8, 4) is 6.07 Å². The number of nitriles is 1. The van der Waals surface area contributed by atoms with Crippen molar-refractivity contribution in [2.75, 3.05) is 0 Å². The first kappa shape index (κ1) is 5.41. The Labute approximate surface area is 41.2 Å². The van der Waals surface area contributed by atoms with Crippen molar-refractivity contribution in [1.29, 1.82) is 10.7 Å². The van der Waals surface area contributed by atoms with Crippen molar-refractivity contribution in [1.82, 2.24) is 0 Å². The minimum absolute atomic E-state index is 1.56. The van der Waals surface area contributed by atoms with Crippen LogP contribution in [0, 0.1) is 22.8 Å². The van der Waals surface area contributed by atoms with Crippen LogP contribution >= 0.6 is 0 Å². The zero-order valence-electron chi connectivity index (χ0n) is 3.45. The molecule has 0 amide bonds. The summed E-state index contributed by atoms with van der Waals surface area (Å²) in [5.41, 5.74) is 4.21. The largest absolute Gasteiger partial charge is 0.276 e. The summed E-state index contributed by atoms with van der Waals surface area (Å²) in [7, 11) is 0. The summed E-state index contributed by atoms with van der Waals surface area (Å²) in [4.78, 5) is 0. The lowest BCUT2D eigenvalue weighted by Crippen LogP contribution is -1.36. The van der Waals surface area contributed by atoms with Gasteiger partial charge in [-0.3, -0.25) is 0 Å². The SMILES string of the molecule is N#C[C+]=C=C=C=N. The van der Waals surface area contributed by atoms with Crippen LogP contribution in [0.3, 0.4) is 0 Å². The van der Waals surface area contributed by atoms with E-state index in [1.54, 1.807) is 11.9 Å². The standard InChI is InChI=1S/C5HN2/c6-4-2-1-3-5-7/h6H/q+1. The van der Waals surface area contributed by atoms with Gasteiger partial charge in [-0.05, 0) is 0 Å². The van der Waals surface area contributed by atoms with E-state index in [1.165, 1.54) is 0 Å². The third kappa shape index (κ3) is 4.41. The molecular weight excluding hydrogens is 88.1 g/mol. The first-order chi connectivity index (χ1) is 3.41. The molecule has 0 unspecified atom stereocenters. The molecule has 2 heteroatoms. The Morgan fingerprint density at radius 1 is 1.57 bits per heavy atom. The number of nitrogens with zero attached hydrogens (tertiary/aromatic N) is 1. The summed E-state index contributed by atoms with van der Waals surface area (Å²) in [5.74, 6) is 1.78. The monoisotopic (exact) mass is 89.0 g/mol. The van der Waals surface area contributed by atoms with Gasteiger partial charge in [0.25, 0.3) is 12.1 Å². The van der Waals surface area contributed by atoms with E-state index in [9.17, 15) is 0 Å². The highest BCUT2D eigenvalue weighted by Gasteiger charge is 1.65. The summed E-state index contributed by atoms with van der Waals surface area (Å²) < 4.78 is 0. The number of nitrogens with one attached hydrogen (secondary N) is 1. The topological polar surface area (TPSA) is 47.6 Å². The Morgan fingerprint density at radius 2 is 2.29 bits per heavy atom. The molecule has 0 atom stereocenters. The third-order valence-electron chi connectivity index (χ3n) is 0.243. The summed E-state index contributed by atoms with van der Waals surface area (Å²) in [5, 5.41) is 13.9. The molecule has 0 aliphatic heterocycles. The maximum Gasteiger partial charge on any atom is 0.276 e. The molecule has 0 rings (SSSR count). The average Bonchev–Trinajstić information content (AvgIpc) is 1.69. The van der Waals surface area contributed by atoms with Crippen LogP contribution in [0.15, 0.2) is 11.5 Å². The second-order valence-electron chi connectivity index (χ2n) is 0.612. The number of hydrogen-bond acceptors (Lipinski definition) is 2. The molecular formula is C5HN2+. The number of rotatable bonds is 0. The highest BCUT2D eigenvalue weighted by molar-refractivity contribution is 5.45. The van der Waals surface area contributed by atoms with Gasteiger partial charge in [-0.1, -0.05) is 0 Å². The molecule has 0 aromatic heterocycles. The molecule has 0 spiro atoms. The van der Waals surface area contributed by atoms with Gasteiger partial charge < -0.3 is 0 Å². The van der Waals surface area contributed by atoms with Crippen molar-refractivity contribution < 1.29 is 0 Å².